The third-order valence-corrected chi connectivity index (χ3v) is 6.97. The Morgan fingerprint density at radius 3 is 2.54 bits per heavy atom. The van der Waals surface area contributed by atoms with Gasteiger partial charge in [0, 0.05) is 38.1 Å². The molecule has 11 nitrogen and oxygen atoms in total. The smallest absolute Gasteiger partial charge is 0.534 e. The van der Waals surface area contributed by atoms with Crippen LogP contribution in [-0.4, -0.2) is 78.5 Å². The van der Waals surface area contributed by atoms with E-state index in [1.165, 1.54) is 6.07 Å². The second kappa shape index (κ2) is 14.0. The molecule has 0 spiro atoms. The highest BCUT2D eigenvalue weighted by molar-refractivity contribution is 6.47. The number of carbonyl (C=O) groups is 3. The van der Waals surface area contributed by atoms with Crippen molar-refractivity contribution < 1.29 is 33.9 Å². The Labute approximate surface area is 230 Å². The van der Waals surface area contributed by atoms with E-state index in [1.807, 2.05) is 27.7 Å². The van der Waals surface area contributed by atoms with E-state index in [0.29, 0.717) is 31.0 Å². The van der Waals surface area contributed by atoms with E-state index >= 15 is 0 Å². The molecule has 6 N–H and O–H groups in total. The third kappa shape index (κ3) is 10.0. The Balaban J connectivity index is 1.29. The Hall–Kier alpha value is -2.83. The molecule has 0 radical (unpaired) electrons. The van der Waals surface area contributed by atoms with Gasteiger partial charge >= 0.3 is 19.2 Å². The number of carboxylic acids is 1. The van der Waals surface area contributed by atoms with Gasteiger partial charge in [-0.1, -0.05) is 12.1 Å². The van der Waals surface area contributed by atoms with Gasteiger partial charge in [-0.3, -0.25) is 4.79 Å². The van der Waals surface area contributed by atoms with Crippen molar-refractivity contribution >= 4 is 25.1 Å². The molecule has 2 atom stereocenters. The monoisotopic (exact) mass is 546 g/mol. The predicted molar refractivity (Wildman–Crippen MR) is 148 cm³/mol. The van der Waals surface area contributed by atoms with Crippen LogP contribution in [0.25, 0.3) is 0 Å². The Kier molecular flexibility index (Phi) is 11.0. The van der Waals surface area contributed by atoms with Crippen molar-refractivity contribution in [1.82, 2.24) is 21.3 Å². The minimum Gasteiger partial charge on any atom is -0.534 e. The van der Waals surface area contributed by atoms with Gasteiger partial charge in [0.15, 0.2) is 0 Å². The minimum atomic E-state index is -1.30. The van der Waals surface area contributed by atoms with Crippen LogP contribution in [0.4, 0.5) is 4.79 Å². The zero-order chi connectivity index (χ0) is 28.6. The topological polar surface area (TPSA) is 158 Å². The SMILES string of the molecule is CC(CNCCNC1CCC(CC(=O)NC2Cc3cccc(C(=O)O)c3OB2O)CC1)NC(=O)OC(C)(C)C. The van der Waals surface area contributed by atoms with Gasteiger partial charge in [0.1, 0.15) is 11.4 Å². The normalized spacial score (nSPS) is 21.8. The van der Waals surface area contributed by atoms with E-state index in [0.717, 1.165) is 38.8 Å². The minimum absolute atomic E-state index is 0.00207. The summed E-state index contributed by atoms with van der Waals surface area (Å²) in [6, 6.07) is 5.19. The third-order valence-electron chi connectivity index (χ3n) is 6.97. The van der Waals surface area contributed by atoms with Crippen LogP contribution in [0.5, 0.6) is 5.75 Å². The molecule has 1 heterocycles. The summed E-state index contributed by atoms with van der Waals surface area (Å²) in [6.07, 6.45) is 4.17. The number of hydrogen-bond donors (Lipinski definition) is 6. The second-order valence-electron chi connectivity index (χ2n) is 11.6. The average Bonchev–Trinajstić information content (AvgIpc) is 2.83. The van der Waals surface area contributed by atoms with Gasteiger partial charge in [-0.15, -0.1) is 0 Å². The van der Waals surface area contributed by atoms with E-state index in [1.54, 1.807) is 12.1 Å². The van der Waals surface area contributed by atoms with Crippen molar-refractivity contribution in [1.29, 1.82) is 0 Å². The molecule has 2 amide bonds. The number of carbonyl (C=O) groups excluding carboxylic acids is 2. The van der Waals surface area contributed by atoms with Gasteiger partial charge in [0.25, 0.3) is 0 Å². The summed E-state index contributed by atoms with van der Waals surface area (Å²) in [5.41, 5.74) is 0.141. The lowest BCUT2D eigenvalue weighted by molar-refractivity contribution is -0.122. The van der Waals surface area contributed by atoms with Gasteiger partial charge in [0.05, 0.1) is 11.5 Å². The number of alkyl carbamates (subject to hydrolysis) is 1. The number of fused-ring (bicyclic) bond motifs is 1. The molecule has 1 saturated carbocycles. The maximum atomic E-state index is 12.7. The van der Waals surface area contributed by atoms with Gasteiger partial charge < -0.3 is 40.8 Å². The number of para-hydroxylation sites is 1. The summed E-state index contributed by atoms with van der Waals surface area (Å²) >= 11 is 0. The molecule has 1 fully saturated rings. The summed E-state index contributed by atoms with van der Waals surface area (Å²) in [5, 5.41) is 32.3. The largest absolute Gasteiger partial charge is 0.547 e. The molecule has 216 valence electrons. The molecular formula is C27H43BN4O7. The number of amides is 2. The summed E-state index contributed by atoms with van der Waals surface area (Å²) in [7, 11) is -1.30. The molecule has 1 aromatic carbocycles. The Morgan fingerprint density at radius 1 is 1.15 bits per heavy atom. The van der Waals surface area contributed by atoms with Crippen molar-refractivity contribution in [2.75, 3.05) is 19.6 Å². The molecule has 1 aliphatic heterocycles. The molecule has 39 heavy (non-hydrogen) atoms. The first kappa shape index (κ1) is 30.7. The highest BCUT2D eigenvalue weighted by Gasteiger charge is 2.38. The fourth-order valence-corrected chi connectivity index (χ4v) is 5.06. The standard InChI is InChI=1S/C27H43BN4O7/c1-17(31-26(36)38-27(2,3)4)16-29-12-13-30-20-10-8-18(9-11-20)14-23(33)32-22-15-19-6-5-7-21(25(34)35)24(19)39-28(22)37/h5-7,17-18,20,22,29-30,37H,8-16H2,1-4H3,(H,31,36)(H,32,33)(H,34,35). The van der Waals surface area contributed by atoms with Crippen molar-refractivity contribution in [3.63, 3.8) is 0 Å². The van der Waals surface area contributed by atoms with Crippen LogP contribution >= 0.6 is 0 Å². The lowest BCUT2D eigenvalue weighted by Crippen LogP contribution is -2.53. The van der Waals surface area contributed by atoms with Crippen LogP contribution in [0.2, 0.25) is 0 Å². The average molecular weight is 546 g/mol. The number of hydrogen-bond acceptors (Lipinski definition) is 8. The molecular weight excluding hydrogens is 503 g/mol. The summed E-state index contributed by atoms with van der Waals surface area (Å²) in [4.78, 5) is 35.9. The zero-order valence-corrected chi connectivity index (χ0v) is 23.4. The van der Waals surface area contributed by atoms with E-state index in [9.17, 15) is 24.5 Å². The summed E-state index contributed by atoms with van der Waals surface area (Å²) in [6.45, 7) is 9.68. The number of nitrogens with one attached hydrogen (secondary N) is 4. The van der Waals surface area contributed by atoms with Crippen LogP contribution in [0.1, 0.15) is 75.7 Å². The number of rotatable bonds is 11. The van der Waals surface area contributed by atoms with Crippen LogP contribution in [0.15, 0.2) is 18.2 Å². The van der Waals surface area contributed by atoms with Crippen LogP contribution < -0.4 is 25.9 Å². The maximum Gasteiger partial charge on any atom is 0.547 e. The van der Waals surface area contributed by atoms with E-state index < -0.39 is 30.7 Å². The predicted octanol–water partition coefficient (Wildman–Crippen LogP) is 1.87. The quantitative estimate of drug-likeness (QED) is 0.180. The first-order valence-electron chi connectivity index (χ1n) is 13.8. The summed E-state index contributed by atoms with van der Waals surface area (Å²) in [5.74, 6) is -1.42. The molecule has 0 bridgehead atoms. The van der Waals surface area contributed by atoms with Gasteiger partial charge in [-0.25, -0.2) is 9.59 Å². The first-order chi connectivity index (χ1) is 18.4. The van der Waals surface area contributed by atoms with Gasteiger partial charge in [0.2, 0.25) is 5.91 Å². The van der Waals surface area contributed by atoms with Crippen LogP contribution in [-0.2, 0) is 16.0 Å². The molecule has 2 aliphatic rings. The van der Waals surface area contributed by atoms with E-state index in [2.05, 4.69) is 21.3 Å². The number of aromatic carboxylic acids is 1. The van der Waals surface area contributed by atoms with Crippen molar-refractivity contribution in [3.05, 3.63) is 29.3 Å². The van der Waals surface area contributed by atoms with E-state index in [4.69, 9.17) is 9.39 Å². The molecule has 2 unspecified atom stereocenters. The Morgan fingerprint density at radius 2 is 1.87 bits per heavy atom. The number of benzene rings is 1. The molecule has 12 heteroatoms. The highest BCUT2D eigenvalue weighted by atomic mass is 16.6. The number of ether oxygens (including phenoxy) is 1. The second-order valence-corrected chi connectivity index (χ2v) is 11.6. The van der Waals surface area contributed by atoms with Crippen molar-refractivity contribution in [3.8, 4) is 5.75 Å². The molecule has 0 saturated heterocycles. The number of carboxylic acid groups (broad SMARTS) is 1. The van der Waals surface area contributed by atoms with E-state index in [-0.39, 0.29) is 29.2 Å². The van der Waals surface area contributed by atoms with Crippen LogP contribution in [0, 0.1) is 5.92 Å². The van der Waals surface area contributed by atoms with Gasteiger partial charge in [-0.2, -0.15) is 0 Å². The molecule has 3 rings (SSSR count). The first-order valence-corrected chi connectivity index (χ1v) is 13.8. The zero-order valence-electron chi connectivity index (χ0n) is 23.4. The fourth-order valence-electron chi connectivity index (χ4n) is 5.06. The fraction of sp³-hybridized carbons (Fsp3) is 0.667. The Bertz CT molecular complexity index is 995. The highest BCUT2D eigenvalue weighted by Crippen LogP contribution is 2.31. The van der Waals surface area contributed by atoms with Crippen molar-refractivity contribution in [2.45, 2.75) is 89.8 Å². The summed E-state index contributed by atoms with van der Waals surface area (Å²) < 4.78 is 10.7. The molecule has 1 aromatic rings. The van der Waals surface area contributed by atoms with Crippen LogP contribution in [0.3, 0.4) is 0 Å². The van der Waals surface area contributed by atoms with Crippen molar-refractivity contribution in [2.24, 2.45) is 5.92 Å². The lowest BCUT2D eigenvalue weighted by Gasteiger charge is -2.31. The maximum absolute atomic E-state index is 12.7. The lowest BCUT2D eigenvalue weighted by atomic mass is 9.72. The molecule has 1 aliphatic carbocycles. The van der Waals surface area contributed by atoms with Gasteiger partial charge in [-0.05, 0) is 77.3 Å². The molecule has 0 aromatic heterocycles.